The molecule has 0 unspecified atom stereocenters. The van der Waals surface area contributed by atoms with Crippen molar-refractivity contribution in [2.24, 2.45) is 0 Å². The van der Waals surface area contributed by atoms with Gasteiger partial charge in [-0.3, -0.25) is 0 Å². The largest absolute Gasteiger partial charge is 0.549 e. The van der Waals surface area contributed by atoms with Crippen molar-refractivity contribution in [1.82, 2.24) is 0 Å². The molecule has 0 spiro atoms. The molecular weight excluding hydrogens is 220 g/mol. The van der Waals surface area contributed by atoms with Gasteiger partial charge in [-0.25, -0.2) is 0 Å². The van der Waals surface area contributed by atoms with Gasteiger partial charge in [0.15, 0.2) is 0 Å². The zero-order valence-electron chi connectivity index (χ0n) is 11.1. The van der Waals surface area contributed by atoms with Crippen LogP contribution in [-0.4, -0.2) is 16.6 Å². The predicted octanol–water partition coefficient (Wildman–Crippen LogP) is 4.11. The summed E-state index contributed by atoms with van der Waals surface area (Å²) in [7, 11) is -3.03. The first-order valence-corrected chi connectivity index (χ1v) is 12.1. The smallest absolute Gasteiger partial charge is 0.242 e. The van der Waals surface area contributed by atoms with Crippen molar-refractivity contribution in [2.75, 3.05) is 0 Å². The highest BCUT2D eigenvalue weighted by atomic mass is 28.4. The summed E-state index contributed by atoms with van der Waals surface area (Å²) >= 11 is 0. The highest BCUT2D eigenvalue weighted by Crippen LogP contribution is 2.16. The van der Waals surface area contributed by atoms with Crippen molar-refractivity contribution in [1.29, 1.82) is 0 Å². The molecule has 0 radical (unpaired) electrons. The van der Waals surface area contributed by atoms with E-state index in [0.29, 0.717) is 0 Å². The second-order valence-electron chi connectivity index (χ2n) is 5.67. The summed E-state index contributed by atoms with van der Waals surface area (Å²) in [6, 6.07) is 0. The predicted molar refractivity (Wildman–Crippen MR) is 71.8 cm³/mol. The minimum Gasteiger partial charge on any atom is -0.549 e. The molecule has 0 fully saturated rings. The van der Waals surface area contributed by atoms with Crippen molar-refractivity contribution < 1.29 is 8.85 Å². The molecule has 0 heterocycles. The van der Waals surface area contributed by atoms with Gasteiger partial charge in [0.05, 0.1) is 6.26 Å². The Balaban J connectivity index is 4.33. The third kappa shape index (κ3) is 8.50. The van der Waals surface area contributed by atoms with Crippen LogP contribution in [0.3, 0.4) is 0 Å². The Morgan fingerprint density at radius 2 is 1.47 bits per heavy atom. The lowest BCUT2D eigenvalue weighted by Crippen LogP contribution is -2.25. The second-order valence-corrected chi connectivity index (χ2v) is 14.6. The van der Waals surface area contributed by atoms with Gasteiger partial charge in [-0.1, -0.05) is 6.58 Å². The van der Waals surface area contributed by atoms with E-state index in [4.69, 9.17) is 8.85 Å². The summed E-state index contributed by atoms with van der Waals surface area (Å²) in [6.07, 6.45) is 1.79. The van der Waals surface area contributed by atoms with Crippen LogP contribution in [0, 0.1) is 0 Å². The lowest BCUT2D eigenvalue weighted by Gasteiger charge is -2.22. The molecule has 0 saturated carbocycles. The number of hydrogen-bond donors (Lipinski definition) is 0. The Kier molecular flexibility index (Phi) is 4.87. The molecule has 15 heavy (non-hydrogen) atoms. The van der Waals surface area contributed by atoms with Crippen LogP contribution < -0.4 is 0 Å². The van der Waals surface area contributed by atoms with Gasteiger partial charge in [0.25, 0.3) is 0 Å². The normalized spacial score (nSPS) is 13.7. The Morgan fingerprint density at radius 1 is 1.00 bits per heavy atom. The van der Waals surface area contributed by atoms with Crippen LogP contribution in [0.1, 0.15) is 6.92 Å². The Hall–Kier alpha value is -0.486. The summed E-state index contributed by atoms with van der Waals surface area (Å²) in [4.78, 5) is 0. The molecule has 0 aromatic heterocycles. The highest BCUT2D eigenvalue weighted by Gasteiger charge is 2.18. The summed E-state index contributed by atoms with van der Waals surface area (Å²) in [6.45, 7) is 18.8. The minimum atomic E-state index is -1.54. The van der Waals surface area contributed by atoms with E-state index in [1.165, 1.54) is 0 Å². The van der Waals surface area contributed by atoms with Gasteiger partial charge in [-0.05, 0) is 46.2 Å². The molecule has 0 bridgehead atoms. The maximum absolute atomic E-state index is 5.78. The standard InChI is InChI=1S/C11H24O2Si2/c1-10(9-12-14(3,4)5)11(2)13-15(6,7)8/h9H,2H2,1,3-8H3/b10-9+. The third-order valence-electron chi connectivity index (χ3n) is 1.46. The summed E-state index contributed by atoms with van der Waals surface area (Å²) < 4.78 is 11.5. The van der Waals surface area contributed by atoms with Crippen LogP contribution >= 0.6 is 0 Å². The monoisotopic (exact) mass is 244 g/mol. The van der Waals surface area contributed by atoms with Gasteiger partial charge in [-0.15, -0.1) is 0 Å². The van der Waals surface area contributed by atoms with E-state index in [-0.39, 0.29) is 0 Å². The number of rotatable bonds is 5. The first-order valence-electron chi connectivity index (χ1n) is 5.24. The van der Waals surface area contributed by atoms with E-state index < -0.39 is 16.6 Å². The maximum atomic E-state index is 5.78. The first-order chi connectivity index (χ1) is 6.51. The van der Waals surface area contributed by atoms with Crippen LogP contribution in [0.5, 0.6) is 0 Å². The van der Waals surface area contributed by atoms with Crippen molar-refractivity contribution in [3.8, 4) is 0 Å². The Morgan fingerprint density at radius 3 is 1.80 bits per heavy atom. The quantitative estimate of drug-likeness (QED) is 0.412. The Labute approximate surface area is 96.2 Å². The molecule has 2 nitrogen and oxygen atoms in total. The SMILES string of the molecule is C=C(O[Si](C)(C)C)/C(C)=C/O[Si](C)(C)C. The van der Waals surface area contributed by atoms with E-state index in [2.05, 4.69) is 45.9 Å². The molecule has 0 aliphatic rings. The van der Waals surface area contributed by atoms with E-state index in [0.717, 1.165) is 11.3 Å². The van der Waals surface area contributed by atoms with E-state index >= 15 is 0 Å². The molecule has 4 heteroatoms. The van der Waals surface area contributed by atoms with Gasteiger partial charge in [0.2, 0.25) is 16.6 Å². The molecule has 0 N–H and O–H groups in total. The fourth-order valence-corrected chi connectivity index (χ4v) is 2.21. The molecular formula is C11H24O2Si2. The minimum absolute atomic E-state index is 0.743. The maximum Gasteiger partial charge on any atom is 0.242 e. The average molecular weight is 244 g/mol. The zero-order chi connectivity index (χ0) is 12.3. The van der Waals surface area contributed by atoms with Gasteiger partial charge >= 0.3 is 0 Å². The Bertz CT molecular complexity index is 257. The highest BCUT2D eigenvalue weighted by molar-refractivity contribution is 6.70. The second kappa shape index (κ2) is 5.03. The van der Waals surface area contributed by atoms with E-state index in [9.17, 15) is 0 Å². The van der Waals surface area contributed by atoms with Crippen LogP contribution in [0.15, 0.2) is 24.2 Å². The van der Waals surface area contributed by atoms with Crippen molar-refractivity contribution in [3.05, 3.63) is 24.2 Å². The van der Waals surface area contributed by atoms with Gasteiger partial charge in [-0.2, -0.15) is 0 Å². The fourth-order valence-electron chi connectivity index (χ4n) is 0.781. The lowest BCUT2D eigenvalue weighted by atomic mass is 10.3. The summed E-state index contributed by atoms with van der Waals surface area (Å²) in [5.41, 5.74) is 0.986. The van der Waals surface area contributed by atoms with E-state index in [1.54, 1.807) is 6.26 Å². The van der Waals surface area contributed by atoms with Gasteiger partial charge < -0.3 is 8.85 Å². The van der Waals surface area contributed by atoms with E-state index in [1.807, 2.05) is 6.92 Å². The first kappa shape index (κ1) is 14.5. The summed E-state index contributed by atoms with van der Waals surface area (Å²) in [5, 5.41) is 0. The van der Waals surface area contributed by atoms with Crippen LogP contribution in [-0.2, 0) is 8.85 Å². The third-order valence-corrected chi connectivity index (χ3v) is 3.14. The molecule has 0 aromatic carbocycles. The average Bonchev–Trinajstić information content (AvgIpc) is 1.95. The molecule has 88 valence electrons. The van der Waals surface area contributed by atoms with Crippen molar-refractivity contribution in [2.45, 2.75) is 46.2 Å². The molecule has 0 aromatic rings. The lowest BCUT2D eigenvalue weighted by molar-refractivity contribution is 0.421. The van der Waals surface area contributed by atoms with Crippen LogP contribution in [0.2, 0.25) is 39.3 Å². The van der Waals surface area contributed by atoms with Gasteiger partial charge in [0.1, 0.15) is 5.76 Å². The molecule has 0 aliphatic heterocycles. The number of hydrogen-bond acceptors (Lipinski definition) is 2. The molecule has 0 aliphatic carbocycles. The summed E-state index contributed by atoms with van der Waals surface area (Å²) in [5.74, 6) is 0.743. The molecule has 0 amide bonds. The van der Waals surface area contributed by atoms with Crippen LogP contribution in [0.25, 0.3) is 0 Å². The molecule has 0 rings (SSSR count). The zero-order valence-corrected chi connectivity index (χ0v) is 13.1. The van der Waals surface area contributed by atoms with Crippen LogP contribution in [0.4, 0.5) is 0 Å². The number of allylic oxidation sites excluding steroid dienone is 1. The van der Waals surface area contributed by atoms with Gasteiger partial charge in [0, 0.05) is 5.57 Å². The molecule has 0 saturated heterocycles. The molecule has 0 atom stereocenters. The fraction of sp³-hybridized carbons (Fsp3) is 0.636. The van der Waals surface area contributed by atoms with Crippen molar-refractivity contribution in [3.63, 3.8) is 0 Å². The van der Waals surface area contributed by atoms with Crippen molar-refractivity contribution >= 4 is 16.6 Å². The topological polar surface area (TPSA) is 18.5 Å².